The lowest BCUT2D eigenvalue weighted by Gasteiger charge is -2.25. The van der Waals surface area contributed by atoms with Gasteiger partial charge in [-0.25, -0.2) is 0 Å². The average Bonchev–Trinajstić information content (AvgIpc) is 2.58. The molecule has 144 valence electrons. The Balaban J connectivity index is 4.47. The summed E-state index contributed by atoms with van der Waals surface area (Å²) in [5.41, 5.74) is 0. The summed E-state index contributed by atoms with van der Waals surface area (Å²) in [6.45, 7) is 4.37. The summed E-state index contributed by atoms with van der Waals surface area (Å²) >= 11 is 0. The normalized spacial score (nSPS) is 15.0. The van der Waals surface area contributed by atoms with Gasteiger partial charge in [0.1, 0.15) is 0 Å². The largest absolute Gasteiger partial charge is 0.465 e. The van der Waals surface area contributed by atoms with Crippen LogP contribution in [0.15, 0.2) is 0 Å². The van der Waals surface area contributed by atoms with Gasteiger partial charge in [-0.2, -0.15) is 0 Å². The van der Waals surface area contributed by atoms with Gasteiger partial charge in [-0.05, 0) is 12.8 Å². The van der Waals surface area contributed by atoms with Crippen LogP contribution in [0.3, 0.4) is 0 Å². The van der Waals surface area contributed by atoms with E-state index in [0.717, 1.165) is 51.4 Å². The molecule has 5 heteroatoms. The summed E-state index contributed by atoms with van der Waals surface area (Å²) in [4.78, 5) is 12.2. The molecule has 0 saturated heterocycles. The van der Waals surface area contributed by atoms with E-state index in [1.54, 1.807) is 0 Å². The molecule has 3 atom stereocenters. The molecule has 3 N–H and O–H groups in total. The number of rotatable bonds is 16. The molecule has 0 spiro atoms. The molecule has 0 aliphatic carbocycles. The van der Waals surface area contributed by atoms with Crippen molar-refractivity contribution in [2.45, 2.75) is 96.7 Å². The van der Waals surface area contributed by atoms with Crippen molar-refractivity contribution in [3.8, 4) is 0 Å². The van der Waals surface area contributed by atoms with Gasteiger partial charge in [-0.1, -0.05) is 65.2 Å². The van der Waals surface area contributed by atoms with Gasteiger partial charge in [0, 0.05) is 13.0 Å². The first kappa shape index (κ1) is 23.4. The zero-order valence-electron chi connectivity index (χ0n) is 15.6. The van der Waals surface area contributed by atoms with Crippen LogP contribution in [-0.4, -0.2) is 46.7 Å². The fourth-order valence-electron chi connectivity index (χ4n) is 2.78. The first-order chi connectivity index (χ1) is 11.6. The standard InChI is InChI=1S/C19H38O5/c1-3-5-7-9-12-16(19(23)24-15-11-14-20)18(22)17(21)13-10-8-6-4-2/h16-18,20-22H,3-15H2,1-2H3. The highest BCUT2D eigenvalue weighted by molar-refractivity contribution is 5.73. The average molecular weight is 347 g/mol. The van der Waals surface area contributed by atoms with Gasteiger partial charge in [-0.15, -0.1) is 0 Å². The van der Waals surface area contributed by atoms with Crippen LogP contribution in [0, 0.1) is 5.92 Å². The lowest BCUT2D eigenvalue weighted by Crippen LogP contribution is -2.39. The molecule has 0 aliphatic heterocycles. The Morgan fingerprint density at radius 3 is 2.00 bits per heavy atom. The van der Waals surface area contributed by atoms with Gasteiger partial charge in [0.2, 0.25) is 0 Å². The minimum Gasteiger partial charge on any atom is -0.465 e. The first-order valence-corrected chi connectivity index (χ1v) is 9.72. The maximum absolute atomic E-state index is 12.2. The molecule has 0 radical (unpaired) electrons. The van der Waals surface area contributed by atoms with Crippen molar-refractivity contribution in [2.24, 2.45) is 5.92 Å². The van der Waals surface area contributed by atoms with Gasteiger partial charge in [0.05, 0.1) is 24.7 Å². The van der Waals surface area contributed by atoms with Gasteiger partial charge in [0.15, 0.2) is 0 Å². The smallest absolute Gasteiger partial charge is 0.311 e. The lowest BCUT2D eigenvalue weighted by molar-refractivity contribution is -0.157. The second-order valence-electron chi connectivity index (χ2n) is 6.61. The molecule has 0 bridgehead atoms. The highest BCUT2D eigenvalue weighted by Crippen LogP contribution is 2.21. The van der Waals surface area contributed by atoms with E-state index in [-0.39, 0.29) is 13.2 Å². The highest BCUT2D eigenvalue weighted by Gasteiger charge is 2.32. The topological polar surface area (TPSA) is 87.0 Å². The highest BCUT2D eigenvalue weighted by atomic mass is 16.5. The van der Waals surface area contributed by atoms with Gasteiger partial charge >= 0.3 is 5.97 Å². The maximum Gasteiger partial charge on any atom is 0.311 e. The molecule has 0 aromatic rings. The van der Waals surface area contributed by atoms with Crippen molar-refractivity contribution in [1.82, 2.24) is 0 Å². The fraction of sp³-hybridized carbons (Fsp3) is 0.947. The zero-order chi connectivity index (χ0) is 18.2. The minimum absolute atomic E-state index is 0.0307. The molecule has 0 aliphatic rings. The van der Waals surface area contributed by atoms with E-state index < -0.39 is 24.1 Å². The molecular formula is C19H38O5. The summed E-state index contributed by atoms with van der Waals surface area (Å²) in [5.74, 6) is -1.14. The predicted octanol–water partition coefficient (Wildman–Crippen LogP) is 3.19. The van der Waals surface area contributed by atoms with Crippen LogP contribution in [0.1, 0.15) is 84.5 Å². The van der Waals surface area contributed by atoms with E-state index in [1.165, 1.54) is 0 Å². The molecule has 0 fully saturated rings. The number of carbonyl (C=O) groups is 1. The zero-order valence-corrected chi connectivity index (χ0v) is 15.6. The third-order valence-corrected chi connectivity index (χ3v) is 4.38. The molecule has 24 heavy (non-hydrogen) atoms. The number of aliphatic hydroxyl groups excluding tert-OH is 3. The number of esters is 1. The van der Waals surface area contributed by atoms with E-state index in [0.29, 0.717) is 19.3 Å². The number of hydrogen-bond acceptors (Lipinski definition) is 5. The van der Waals surface area contributed by atoms with Crippen molar-refractivity contribution in [3.05, 3.63) is 0 Å². The minimum atomic E-state index is -1.07. The van der Waals surface area contributed by atoms with E-state index in [1.807, 2.05) is 0 Å². The van der Waals surface area contributed by atoms with Gasteiger partial charge in [-0.3, -0.25) is 4.79 Å². The molecule has 0 rings (SSSR count). The first-order valence-electron chi connectivity index (χ1n) is 9.72. The number of hydrogen-bond donors (Lipinski definition) is 3. The van der Waals surface area contributed by atoms with Crippen molar-refractivity contribution < 1.29 is 24.9 Å². The van der Waals surface area contributed by atoms with E-state index >= 15 is 0 Å². The third-order valence-electron chi connectivity index (χ3n) is 4.38. The van der Waals surface area contributed by atoms with E-state index in [2.05, 4.69) is 13.8 Å². The lowest BCUT2D eigenvalue weighted by atomic mass is 9.90. The quantitative estimate of drug-likeness (QED) is 0.295. The molecule has 5 nitrogen and oxygen atoms in total. The Bertz CT molecular complexity index is 295. The van der Waals surface area contributed by atoms with Gasteiger partial charge < -0.3 is 20.1 Å². The number of carbonyl (C=O) groups excluding carboxylic acids is 1. The summed E-state index contributed by atoms with van der Waals surface area (Å²) in [6.07, 6.45) is 7.66. The summed E-state index contributed by atoms with van der Waals surface area (Å²) in [6, 6.07) is 0. The Hall–Kier alpha value is -0.650. The summed E-state index contributed by atoms with van der Waals surface area (Å²) in [7, 11) is 0. The van der Waals surface area contributed by atoms with Crippen LogP contribution in [0.25, 0.3) is 0 Å². The molecule has 3 unspecified atom stereocenters. The monoisotopic (exact) mass is 346 g/mol. The summed E-state index contributed by atoms with van der Waals surface area (Å²) < 4.78 is 5.15. The fourth-order valence-corrected chi connectivity index (χ4v) is 2.78. The second kappa shape index (κ2) is 15.9. The second-order valence-corrected chi connectivity index (χ2v) is 6.61. The van der Waals surface area contributed by atoms with Gasteiger partial charge in [0.25, 0.3) is 0 Å². The Labute approximate surface area is 147 Å². The van der Waals surface area contributed by atoms with Crippen molar-refractivity contribution >= 4 is 5.97 Å². The summed E-state index contributed by atoms with van der Waals surface area (Å²) in [5, 5.41) is 29.4. The van der Waals surface area contributed by atoms with Crippen LogP contribution in [0.5, 0.6) is 0 Å². The third kappa shape index (κ3) is 11.0. The number of ether oxygens (including phenoxy) is 1. The molecule has 0 amide bonds. The van der Waals surface area contributed by atoms with Crippen molar-refractivity contribution in [1.29, 1.82) is 0 Å². The van der Waals surface area contributed by atoms with Crippen LogP contribution in [0.4, 0.5) is 0 Å². The number of unbranched alkanes of at least 4 members (excludes halogenated alkanes) is 6. The molecule has 0 saturated carbocycles. The van der Waals surface area contributed by atoms with Crippen LogP contribution < -0.4 is 0 Å². The maximum atomic E-state index is 12.2. The predicted molar refractivity (Wildman–Crippen MR) is 95.7 cm³/mol. The molecular weight excluding hydrogens is 308 g/mol. The molecule has 0 aromatic heterocycles. The Morgan fingerprint density at radius 1 is 0.875 bits per heavy atom. The van der Waals surface area contributed by atoms with Crippen LogP contribution >= 0.6 is 0 Å². The van der Waals surface area contributed by atoms with Crippen molar-refractivity contribution in [2.75, 3.05) is 13.2 Å². The molecule has 0 aromatic carbocycles. The number of aliphatic hydroxyl groups is 3. The Morgan fingerprint density at radius 2 is 1.46 bits per heavy atom. The van der Waals surface area contributed by atoms with E-state index in [9.17, 15) is 15.0 Å². The van der Waals surface area contributed by atoms with Crippen molar-refractivity contribution in [3.63, 3.8) is 0 Å². The van der Waals surface area contributed by atoms with E-state index in [4.69, 9.17) is 9.84 Å². The molecule has 0 heterocycles. The van der Waals surface area contributed by atoms with Crippen LogP contribution in [-0.2, 0) is 9.53 Å². The SMILES string of the molecule is CCCCCCC(O)C(O)C(CCCCCC)C(=O)OCCCO. The van der Waals surface area contributed by atoms with Crippen LogP contribution in [0.2, 0.25) is 0 Å². The Kier molecular flexibility index (Phi) is 15.4.